The maximum Gasteiger partial charge on any atom is 0.275 e. The Labute approximate surface area is 149 Å². The van der Waals surface area contributed by atoms with Crippen molar-refractivity contribution in [3.05, 3.63) is 22.1 Å². The van der Waals surface area contributed by atoms with Gasteiger partial charge in [-0.25, -0.2) is 4.98 Å². The van der Waals surface area contributed by atoms with Crippen LogP contribution >= 0.6 is 11.3 Å². The molecule has 0 aromatic carbocycles. The summed E-state index contributed by atoms with van der Waals surface area (Å²) in [5.74, 6) is -0.0933. The third-order valence-electron chi connectivity index (χ3n) is 4.05. The molecule has 9 heteroatoms. The average molecular weight is 365 g/mol. The van der Waals surface area contributed by atoms with Crippen LogP contribution in [0.2, 0.25) is 0 Å². The number of aromatic nitrogens is 3. The second-order valence-electron chi connectivity index (χ2n) is 6.21. The minimum atomic E-state index is -0.188. The van der Waals surface area contributed by atoms with Crippen LogP contribution in [0, 0.1) is 0 Å². The van der Waals surface area contributed by atoms with Crippen LogP contribution < -0.4 is 15.8 Å². The van der Waals surface area contributed by atoms with Crippen LogP contribution in [0.1, 0.15) is 31.9 Å². The second-order valence-corrected chi connectivity index (χ2v) is 7.14. The summed E-state index contributed by atoms with van der Waals surface area (Å²) in [4.78, 5) is 31.0. The molecule has 0 bridgehead atoms. The van der Waals surface area contributed by atoms with Crippen LogP contribution in [0.25, 0.3) is 4.96 Å². The minimum Gasteiger partial charge on any atom is -0.376 e. The molecule has 8 nitrogen and oxygen atoms in total. The van der Waals surface area contributed by atoms with Crippen molar-refractivity contribution in [2.75, 3.05) is 31.6 Å². The molecular formula is C16H23N5O3S. The first-order valence-corrected chi connectivity index (χ1v) is 9.37. The Morgan fingerprint density at radius 2 is 2.40 bits per heavy atom. The van der Waals surface area contributed by atoms with Crippen LogP contribution in [-0.2, 0) is 16.0 Å². The summed E-state index contributed by atoms with van der Waals surface area (Å²) < 4.78 is 6.78. The molecule has 1 saturated heterocycles. The van der Waals surface area contributed by atoms with Gasteiger partial charge < -0.3 is 15.0 Å². The molecule has 0 saturated carbocycles. The number of nitrogens with one attached hydrogen (secondary N) is 1. The predicted molar refractivity (Wildman–Crippen MR) is 96.4 cm³/mol. The van der Waals surface area contributed by atoms with E-state index in [9.17, 15) is 9.59 Å². The molecule has 1 N–H and O–H groups in total. The Balaban J connectivity index is 1.64. The van der Waals surface area contributed by atoms with Crippen molar-refractivity contribution in [2.45, 2.75) is 38.7 Å². The number of amides is 1. The predicted octanol–water partition coefficient (Wildman–Crippen LogP) is 0.835. The van der Waals surface area contributed by atoms with Crippen molar-refractivity contribution in [1.82, 2.24) is 19.9 Å². The van der Waals surface area contributed by atoms with Crippen molar-refractivity contribution in [2.24, 2.45) is 0 Å². The van der Waals surface area contributed by atoms with E-state index in [4.69, 9.17) is 4.74 Å². The molecule has 2 aromatic heterocycles. The average Bonchev–Trinajstić information content (AvgIpc) is 3.23. The molecule has 1 amide bonds. The van der Waals surface area contributed by atoms with E-state index in [-0.39, 0.29) is 24.1 Å². The Hall–Kier alpha value is -2.00. The highest BCUT2D eigenvalue weighted by Crippen LogP contribution is 2.20. The number of anilines is 1. The minimum absolute atomic E-state index is 0.0933. The van der Waals surface area contributed by atoms with E-state index in [0.29, 0.717) is 16.6 Å². The van der Waals surface area contributed by atoms with Gasteiger partial charge in [0.25, 0.3) is 5.56 Å². The van der Waals surface area contributed by atoms with Gasteiger partial charge >= 0.3 is 0 Å². The number of ether oxygens (including phenoxy) is 1. The molecule has 0 unspecified atom stereocenters. The maximum absolute atomic E-state index is 12.1. The van der Waals surface area contributed by atoms with Gasteiger partial charge in [0.05, 0.1) is 12.6 Å². The number of rotatable bonds is 7. The fourth-order valence-electron chi connectivity index (χ4n) is 2.76. The number of likely N-dealkylation sites (N-methyl/N-ethyl adjacent to an activating group) is 1. The van der Waals surface area contributed by atoms with Crippen LogP contribution in [-0.4, -0.2) is 53.4 Å². The van der Waals surface area contributed by atoms with E-state index in [1.165, 1.54) is 21.9 Å². The van der Waals surface area contributed by atoms with Crippen molar-refractivity contribution < 1.29 is 9.53 Å². The quantitative estimate of drug-likeness (QED) is 0.782. The van der Waals surface area contributed by atoms with Gasteiger partial charge in [-0.3, -0.25) is 9.59 Å². The molecule has 1 atom stereocenters. The van der Waals surface area contributed by atoms with E-state index in [2.05, 4.69) is 15.4 Å². The summed E-state index contributed by atoms with van der Waals surface area (Å²) in [6.45, 7) is 3.52. The largest absolute Gasteiger partial charge is 0.376 e. The lowest BCUT2D eigenvalue weighted by Gasteiger charge is -2.16. The molecule has 2 aromatic rings. The zero-order chi connectivity index (χ0) is 17.8. The SMILES string of the molecule is CCCc1cc(=O)n2nc(N(C)CC(=O)NC[C@H]3CCCO3)sc2n1. The summed E-state index contributed by atoms with van der Waals surface area (Å²) in [5, 5.41) is 7.76. The van der Waals surface area contributed by atoms with Crippen LogP contribution in [0.15, 0.2) is 10.9 Å². The molecule has 3 rings (SSSR count). The summed E-state index contributed by atoms with van der Waals surface area (Å²) in [5.41, 5.74) is 0.590. The highest BCUT2D eigenvalue weighted by atomic mass is 32.1. The Bertz CT molecular complexity index is 797. The third kappa shape index (κ3) is 4.35. The summed E-state index contributed by atoms with van der Waals surface area (Å²) in [7, 11) is 1.78. The van der Waals surface area contributed by atoms with Gasteiger partial charge in [0.2, 0.25) is 16.0 Å². The van der Waals surface area contributed by atoms with E-state index in [0.717, 1.165) is 38.0 Å². The molecule has 1 aliphatic rings. The number of aryl methyl sites for hydroxylation is 1. The van der Waals surface area contributed by atoms with Gasteiger partial charge in [-0.1, -0.05) is 24.7 Å². The van der Waals surface area contributed by atoms with Gasteiger partial charge in [-0.15, -0.1) is 5.10 Å². The number of hydrogen-bond donors (Lipinski definition) is 1. The highest BCUT2D eigenvalue weighted by Gasteiger charge is 2.18. The van der Waals surface area contributed by atoms with E-state index < -0.39 is 0 Å². The summed E-state index contributed by atoms with van der Waals surface area (Å²) in [6, 6.07) is 1.52. The molecule has 3 heterocycles. The fraction of sp³-hybridized carbons (Fsp3) is 0.625. The third-order valence-corrected chi connectivity index (χ3v) is 5.07. The molecular weight excluding hydrogens is 342 g/mol. The topological polar surface area (TPSA) is 88.8 Å². The van der Waals surface area contributed by atoms with E-state index >= 15 is 0 Å². The van der Waals surface area contributed by atoms with Crippen molar-refractivity contribution in [1.29, 1.82) is 0 Å². The van der Waals surface area contributed by atoms with Crippen molar-refractivity contribution in [3.63, 3.8) is 0 Å². The number of carbonyl (C=O) groups is 1. The second kappa shape index (κ2) is 7.92. The lowest BCUT2D eigenvalue weighted by molar-refractivity contribution is -0.120. The molecule has 136 valence electrons. The first-order chi connectivity index (χ1) is 12.1. The Kier molecular flexibility index (Phi) is 5.64. The smallest absolute Gasteiger partial charge is 0.275 e. The highest BCUT2D eigenvalue weighted by molar-refractivity contribution is 7.20. The lowest BCUT2D eigenvalue weighted by Crippen LogP contribution is -2.38. The molecule has 0 aliphatic carbocycles. The van der Waals surface area contributed by atoms with Gasteiger partial charge in [-0.05, 0) is 19.3 Å². The molecule has 1 aliphatic heterocycles. The first-order valence-electron chi connectivity index (χ1n) is 8.56. The molecule has 0 radical (unpaired) electrons. The Morgan fingerprint density at radius 1 is 1.56 bits per heavy atom. The van der Waals surface area contributed by atoms with Gasteiger partial charge in [0.15, 0.2) is 0 Å². The molecule has 1 fully saturated rings. The Morgan fingerprint density at radius 3 is 3.12 bits per heavy atom. The van der Waals surface area contributed by atoms with Crippen LogP contribution in [0.4, 0.5) is 5.13 Å². The number of hydrogen-bond acceptors (Lipinski definition) is 7. The van der Waals surface area contributed by atoms with Crippen molar-refractivity contribution in [3.8, 4) is 0 Å². The standard InChI is InChI=1S/C16H23N5O3S/c1-3-5-11-8-14(23)21-15(18-11)25-16(19-21)20(2)10-13(22)17-9-12-6-4-7-24-12/h8,12H,3-7,9-10H2,1-2H3,(H,17,22)/t12-/m1/s1. The van der Waals surface area contributed by atoms with Crippen LogP contribution in [0.3, 0.4) is 0 Å². The van der Waals surface area contributed by atoms with Crippen LogP contribution in [0.5, 0.6) is 0 Å². The van der Waals surface area contributed by atoms with E-state index in [1.54, 1.807) is 11.9 Å². The van der Waals surface area contributed by atoms with Gasteiger partial charge in [-0.2, -0.15) is 4.52 Å². The zero-order valence-electron chi connectivity index (χ0n) is 14.5. The molecule has 25 heavy (non-hydrogen) atoms. The molecule has 0 spiro atoms. The fourth-order valence-corrected chi connectivity index (χ4v) is 3.64. The monoisotopic (exact) mass is 365 g/mol. The van der Waals surface area contributed by atoms with Crippen molar-refractivity contribution >= 4 is 27.3 Å². The normalized spacial score (nSPS) is 17.1. The summed E-state index contributed by atoms with van der Waals surface area (Å²) >= 11 is 1.31. The summed E-state index contributed by atoms with van der Waals surface area (Å²) in [6.07, 6.45) is 3.85. The first kappa shape index (κ1) is 17.8. The van der Waals surface area contributed by atoms with E-state index in [1.807, 2.05) is 6.92 Å². The number of nitrogens with zero attached hydrogens (tertiary/aromatic N) is 4. The van der Waals surface area contributed by atoms with Gasteiger partial charge in [0.1, 0.15) is 0 Å². The number of carbonyl (C=O) groups excluding carboxylic acids is 1. The maximum atomic E-state index is 12.1. The lowest BCUT2D eigenvalue weighted by atomic mass is 10.2. The zero-order valence-corrected chi connectivity index (χ0v) is 15.3. The number of fused-ring (bicyclic) bond motifs is 1. The van der Waals surface area contributed by atoms with Gasteiger partial charge in [0, 0.05) is 32.0 Å².